The predicted molar refractivity (Wildman–Crippen MR) is 19.8 cm³/mol. The summed E-state index contributed by atoms with van der Waals surface area (Å²) in [6, 6.07) is 0. The van der Waals surface area contributed by atoms with Crippen LogP contribution in [0.25, 0.3) is 0 Å². The van der Waals surface area contributed by atoms with Crippen molar-refractivity contribution in [1.82, 2.24) is 0 Å². The van der Waals surface area contributed by atoms with Crippen LogP contribution in [0, 0.1) is 6.92 Å². The van der Waals surface area contributed by atoms with E-state index in [0.29, 0.717) is 0 Å². The van der Waals surface area contributed by atoms with Crippen LogP contribution in [0.4, 0.5) is 0 Å². The highest BCUT2D eigenvalue weighted by Gasteiger charge is 1.90. The van der Waals surface area contributed by atoms with Crippen LogP contribution in [0.1, 0.15) is 6.42 Å². The zero-order valence-electron chi connectivity index (χ0n) is 3.44. The first-order valence-corrected chi connectivity index (χ1v) is 1.70. The third-order valence-electron chi connectivity index (χ3n) is 0.381. The number of rotatable bonds is 2. The Hall–Kier alpha value is -0.500. The van der Waals surface area contributed by atoms with Gasteiger partial charge in [0.15, 0.2) is 0 Å². The first-order valence-electron chi connectivity index (χ1n) is 1.70. The molecule has 0 spiro atoms. The largest absolute Gasteiger partial charge is 0.854 e. The van der Waals surface area contributed by atoms with Gasteiger partial charge in [-0.15, -0.1) is 6.61 Å². The van der Waals surface area contributed by atoms with E-state index in [2.05, 4.69) is 6.92 Å². The zero-order valence-corrected chi connectivity index (χ0v) is 3.44. The highest BCUT2D eigenvalue weighted by molar-refractivity contribution is 5.82. The number of Topliss-reactive ketones (excluding diaryl/α,β-unsaturated/α-hetero) is 1. The van der Waals surface area contributed by atoms with Gasteiger partial charge in [-0.1, -0.05) is 0 Å². The van der Waals surface area contributed by atoms with Crippen molar-refractivity contribution < 1.29 is 9.90 Å². The van der Waals surface area contributed by atoms with Gasteiger partial charge in [0.2, 0.25) is 0 Å². The molecule has 6 heavy (non-hydrogen) atoms. The van der Waals surface area contributed by atoms with Crippen LogP contribution < -0.4 is 5.11 Å². The molecule has 0 aliphatic rings. The molecule has 0 fully saturated rings. The molecule has 0 amide bonds. The molecular weight excluding hydrogens is 80.0 g/mol. The number of carbonyl (C=O) groups is 1. The normalized spacial score (nSPS) is 8.17. The van der Waals surface area contributed by atoms with E-state index in [1.807, 2.05) is 0 Å². The summed E-state index contributed by atoms with van der Waals surface area (Å²) in [5.74, 6) is -0.273. The Labute approximate surface area is 36.8 Å². The van der Waals surface area contributed by atoms with Crippen LogP contribution in [0.2, 0.25) is 0 Å². The van der Waals surface area contributed by atoms with Crippen LogP contribution in [-0.2, 0) is 4.79 Å². The molecule has 0 aromatic rings. The summed E-state index contributed by atoms with van der Waals surface area (Å²) in [5.41, 5.74) is 0. The minimum absolute atomic E-state index is 0.0694. The first-order chi connectivity index (χ1) is 2.77. The van der Waals surface area contributed by atoms with Crippen molar-refractivity contribution in [3.63, 3.8) is 0 Å². The van der Waals surface area contributed by atoms with E-state index in [0.717, 1.165) is 0 Å². The van der Waals surface area contributed by atoms with E-state index < -0.39 is 0 Å². The summed E-state index contributed by atoms with van der Waals surface area (Å²) in [6.45, 7) is 2.66. The lowest BCUT2D eigenvalue weighted by atomic mass is 10.3. The summed E-state index contributed by atoms with van der Waals surface area (Å²) in [7, 11) is 0. The van der Waals surface area contributed by atoms with E-state index in [1.165, 1.54) is 0 Å². The van der Waals surface area contributed by atoms with Crippen molar-refractivity contribution in [2.24, 2.45) is 0 Å². The highest BCUT2D eigenvalue weighted by Crippen LogP contribution is 1.70. The second-order valence-corrected chi connectivity index (χ2v) is 0.993. The molecule has 0 aliphatic carbocycles. The summed E-state index contributed by atoms with van der Waals surface area (Å²) in [5, 5.41) is 9.48. The number of ketones is 1. The molecule has 0 saturated carbocycles. The molecule has 0 aromatic heterocycles. The van der Waals surface area contributed by atoms with Gasteiger partial charge in [-0.2, -0.15) is 0 Å². The van der Waals surface area contributed by atoms with Gasteiger partial charge in [0.05, 0.1) is 0 Å². The highest BCUT2D eigenvalue weighted by atomic mass is 16.3. The monoisotopic (exact) mass is 86.0 g/mol. The van der Waals surface area contributed by atoms with Gasteiger partial charge in [0.25, 0.3) is 0 Å². The molecule has 0 aromatic carbocycles. The van der Waals surface area contributed by atoms with Crippen molar-refractivity contribution >= 4 is 5.78 Å². The molecule has 0 rings (SSSR count). The topological polar surface area (TPSA) is 40.1 Å². The van der Waals surface area contributed by atoms with Gasteiger partial charge in [0.1, 0.15) is 6.92 Å². The Balaban J connectivity index is 2.83. The van der Waals surface area contributed by atoms with Gasteiger partial charge >= 0.3 is 5.78 Å². The second kappa shape index (κ2) is 2.72. The third-order valence-corrected chi connectivity index (χ3v) is 0.381. The van der Waals surface area contributed by atoms with Gasteiger partial charge in [-0.3, -0.25) is 0 Å². The van der Waals surface area contributed by atoms with Crippen LogP contribution in [0.3, 0.4) is 0 Å². The number of hydrogen-bond donors (Lipinski definition) is 0. The fourth-order valence-electron chi connectivity index (χ4n) is 0.114. The fraction of sp³-hybridized carbons (Fsp3) is 0.500. The van der Waals surface area contributed by atoms with Crippen LogP contribution in [0.15, 0.2) is 0 Å². The summed E-state index contributed by atoms with van der Waals surface area (Å²) < 4.78 is 0. The molecule has 0 atom stereocenters. The Morgan fingerprint density at radius 1 is 1.83 bits per heavy atom. The Morgan fingerprint density at radius 2 is 2.33 bits per heavy atom. The summed E-state index contributed by atoms with van der Waals surface area (Å²) in [4.78, 5) is 9.73. The minimum Gasteiger partial charge on any atom is -0.854 e. The van der Waals surface area contributed by atoms with Crippen LogP contribution in [0.5, 0.6) is 0 Å². The third kappa shape index (κ3) is 3.50. The zero-order chi connectivity index (χ0) is 4.99. The molecule has 0 heterocycles. The maximum absolute atomic E-state index is 9.73. The average molecular weight is 86.1 g/mol. The molecule has 0 unspecified atom stereocenters. The van der Waals surface area contributed by atoms with E-state index >= 15 is 0 Å². The van der Waals surface area contributed by atoms with Crippen molar-refractivity contribution in [3.05, 3.63) is 6.92 Å². The van der Waals surface area contributed by atoms with E-state index in [-0.39, 0.29) is 18.8 Å². The smallest absolute Gasteiger partial charge is 0.302 e. The van der Waals surface area contributed by atoms with Gasteiger partial charge in [-0.25, -0.2) is 4.79 Å². The molecule has 34 valence electrons. The number of carbonyl (C=O) groups excluding carboxylic acids is 1. The molecule has 2 nitrogen and oxygen atoms in total. The van der Waals surface area contributed by atoms with E-state index in [9.17, 15) is 9.90 Å². The Bertz CT molecular complexity index is 49.5. The molecule has 0 aliphatic heterocycles. The predicted octanol–water partition coefficient (Wildman–Crippen LogP) is -0.860. The molecule has 0 radical (unpaired) electrons. The average Bonchev–Trinajstić information content (AvgIpc) is 1.35. The SMILES string of the molecule is [CH2+]C(=O)CC[O-]. The second-order valence-electron chi connectivity index (χ2n) is 0.993. The maximum Gasteiger partial charge on any atom is 0.302 e. The lowest BCUT2D eigenvalue weighted by molar-refractivity contribution is -0.365. The van der Waals surface area contributed by atoms with E-state index in [1.54, 1.807) is 0 Å². The van der Waals surface area contributed by atoms with Crippen molar-refractivity contribution in [2.75, 3.05) is 6.61 Å². The first kappa shape index (κ1) is 5.50. The quantitative estimate of drug-likeness (QED) is 0.410. The minimum atomic E-state index is -0.331. The van der Waals surface area contributed by atoms with Crippen molar-refractivity contribution in [3.8, 4) is 0 Å². The van der Waals surface area contributed by atoms with Gasteiger partial charge in [0, 0.05) is 6.42 Å². The molecule has 0 N–H and O–H groups in total. The Morgan fingerprint density at radius 3 is 2.33 bits per heavy atom. The summed E-state index contributed by atoms with van der Waals surface area (Å²) in [6.07, 6.45) is 0.0694. The maximum atomic E-state index is 9.73. The van der Waals surface area contributed by atoms with Crippen LogP contribution >= 0.6 is 0 Å². The molecule has 0 saturated heterocycles. The number of hydrogen-bond acceptors (Lipinski definition) is 2. The van der Waals surface area contributed by atoms with Crippen LogP contribution in [-0.4, -0.2) is 12.4 Å². The molecule has 2 heteroatoms. The standard InChI is InChI=1S/C4H6O2/c1-4(6)2-3-5/h1-3H2. The van der Waals surface area contributed by atoms with E-state index in [4.69, 9.17) is 0 Å². The fourth-order valence-corrected chi connectivity index (χ4v) is 0.114. The van der Waals surface area contributed by atoms with Gasteiger partial charge in [-0.05, 0) is 0 Å². The van der Waals surface area contributed by atoms with Crippen molar-refractivity contribution in [2.45, 2.75) is 6.42 Å². The van der Waals surface area contributed by atoms with Gasteiger partial charge < -0.3 is 5.11 Å². The summed E-state index contributed by atoms with van der Waals surface area (Å²) >= 11 is 0. The van der Waals surface area contributed by atoms with Crippen molar-refractivity contribution in [1.29, 1.82) is 0 Å². The Kier molecular flexibility index (Phi) is 2.50. The lowest BCUT2D eigenvalue weighted by Crippen LogP contribution is -2.08. The molecule has 0 bridgehead atoms. The lowest BCUT2D eigenvalue weighted by Gasteiger charge is -1.90. The molecular formula is C4H6O2.